The molecule has 0 aromatic heterocycles. The van der Waals surface area contributed by atoms with E-state index in [9.17, 15) is 0 Å². The van der Waals surface area contributed by atoms with E-state index in [4.69, 9.17) is 16.3 Å². The first kappa shape index (κ1) is 15.9. The lowest BCUT2D eigenvalue weighted by atomic mass is 9.99. The lowest BCUT2D eigenvalue weighted by Gasteiger charge is -2.18. The van der Waals surface area contributed by atoms with Crippen LogP contribution in [-0.2, 0) is 6.42 Å². The second kappa shape index (κ2) is 8.06. The Hall–Kier alpha value is -1.51. The Labute approximate surface area is 132 Å². The molecule has 2 nitrogen and oxygen atoms in total. The van der Waals surface area contributed by atoms with Gasteiger partial charge in [0.15, 0.2) is 0 Å². The van der Waals surface area contributed by atoms with Gasteiger partial charge in [-0.1, -0.05) is 48.0 Å². The second-order valence-electron chi connectivity index (χ2n) is 5.11. The number of nitrogens with one attached hydrogen (secondary N) is 1. The van der Waals surface area contributed by atoms with Crippen LogP contribution in [-0.4, -0.2) is 14.2 Å². The van der Waals surface area contributed by atoms with Crippen molar-refractivity contribution in [3.8, 4) is 5.75 Å². The summed E-state index contributed by atoms with van der Waals surface area (Å²) in [5.74, 6) is 0.734. The van der Waals surface area contributed by atoms with E-state index < -0.39 is 0 Å². The van der Waals surface area contributed by atoms with Crippen LogP contribution in [0.1, 0.15) is 30.0 Å². The molecular weight excluding hydrogens is 282 g/mol. The Morgan fingerprint density at radius 2 is 1.90 bits per heavy atom. The van der Waals surface area contributed by atoms with Crippen LogP contribution in [0.2, 0.25) is 5.02 Å². The SMILES string of the molecule is CNC(CCCc1ccccc1)c1ccc(Cl)c(OC)c1. The Balaban J connectivity index is 1.96. The molecule has 2 aromatic carbocycles. The van der Waals surface area contributed by atoms with Crippen molar-refractivity contribution in [2.24, 2.45) is 0 Å². The van der Waals surface area contributed by atoms with Crippen molar-refractivity contribution in [2.45, 2.75) is 25.3 Å². The van der Waals surface area contributed by atoms with Gasteiger partial charge in [-0.05, 0) is 49.6 Å². The van der Waals surface area contributed by atoms with Gasteiger partial charge in [-0.25, -0.2) is 0 Å². The summed E-state index contributed by atoms with van der Waals surface area (Å²) < 4.78 is 5.29. The smallest absolute Gasteiger partial charge is 0.137 e. The van der Waals surface area contributed by atoms with Gasteiger partial charge in [0.05, 0.1) is 12.1 Å². The lowest BCUT2D eigenvalue weighted by molar-refractivity contribution is 0.413. The fourth-order valence-electron chi connectivity index (χ4n) is 2.53. The summed E-state index contributed by atoms with van der Waals surface area (Å²) in [5, 5.41) is 4.03. The molecule has 0 aliphatic carbocycles. The Bertz CT molecular complexity index is 556. The monoisotopic (exact) mass is 303 g/mol. The molecule has 0 aliphatic heterocycles. The van der Waals surface area contributed by atoms with Gasteiger partial charge in [0.2, 0.25) is 0 Å². The van der Waals surface area contributed by atoms with Crippen LogP contribution in [0.4, 0.5) is 0 Å². The molecule has 1 atom stereocenters. The second-order valence-corrected chi connectivity index (χ2v) is 5.52. The van der Waals surface area contributed by atoms with Gasteiger partial charge in [-0.15, -0.1) is 0 Å². The van der Waals surface area contributed by atoms with E-state index in [1.54, 1.807) is 7.11 Å². The van der Waals surface area contributed by atoms with E-state index in [-0.39, 0.29) is 0 Å². The van der Waals surface area contributed by atoms with Crippen molar-refractivity contribution in [2.75, 3.05) is 14.2 Å². The summed E-state index contributed by atoms with van der Waals surface area (Å²) in [6.45, 7) is 0. The number of halogens is 1. The largest absolute Gasteiger partial charge is 0.495 e. The third-order valence-corrected chi connectivity index (χ3v) is 4.04. The molecule has 0 saturated carbocycles. The van der Waals surface area contributed by atoms with Crippen molar-refractivity contribution < 1.29 is 4.74 Å². The molecular formula is C18H22ClNO. The molecule has 2 rings (SSSR count). The van der Waals surface area contributed by atoms with Crippen LogP contribution in [0, 0.1) is 0 Å². The van der Waals surface area contributed by atoms with Crippen LogP contribution in [0.5, 0.6) is 5.75 Å². The molecule has 112 valence electrons. The molecule has 1 N–H and O–H groups in total. The minimum Gasteiger partial charge on any atom is -0.495 e. The zero-order chi connectivity index (χ0) is 15.1. The maximum atomic E-state index is 6.08. The summed E-state index contributed by atoms with van der Waals surface area (Å²) in [6.07, 6.45) is 3.32. The van der Waals surface area contributed by atoms with Gasteiger partial charge in [0.1, 0.15) is 5.75 Å². The van der Waals surface area contributed by atoms with Crippen molar-refractivity contribution in [1.29, 1.82) is 0 Å². The number of rotatable bonds is 7. The third-order valence-electron chi connectivity index (χ3n) is 3.73. The predicted octanol–water partition coefficient (Wildman–Crippen LogP) is 4.63. The number of ether oxygens (including phenoxy) is 1. The number of hydrogen-bond donors (Lipinski definition) is 1. The van der Waals surface area contributed by atoms with Gasteiger partial charge in [-0.2, -0.15) is 0 Å². The molecule has 1 unspecified atom stereocenters. The molecule has 21 heavy (non-hydrogen) atoms. The molecule has 0 bridgehead atoms. The maximum absolute atomic E-state index is 6.08. The fraction of sp³-hybridized carbons (Fsp3) is 0.333. The van der Waals surface area contributed by atoms with Crippen molar-refractivity contribution in [3.05, 3.63) is 64.7 Å². The van der Waals surface area contributed by atoms with Gasteiger partial charge in [-0.3, -0.25) is 0 Å². The number of hydrogen-bond acceptors (Lipinski definition) is 2. The molecule has 0 saturated heterocycles. The summed E-state index contributed by atoms with van der Waals surface area (Å²) in [7, 11) is 3.64. The predicted molar refractivity (Wildman–Crippen MR) is 89.2 cm³/mol. The average molecular weight is 304 g/mol. The number of methoxy groups -OCH3 is 1. The van der Waals surface area contributed by atoms with Crippen LogP contribution in [0.15, 0.2) is 48.5 Å². The van der Waals surface area contributed by atoms with Crippen LogP contribution in [0.25, 0.3) is 0 Å². The zero-order valence-corrected chi connectivity index (χ0v) is 13.4. The minimum atomic E-state index is 0.319. The highest BCUT2D eigenvalue weighted by atomic mass is 35.5. The molecule has 2 aromatic rings. The quantitative estimate of drug-likeness (QED) is 0.805. The molecule has 0 heterocycles. The van der Waals surface area contributed by atoms with Crippen LogP contribution in [0.3, 0.4) is 0 Å². The van der Waals surface area contributed by atoms with Crippen molar-refractivity contribution in [3.63, 3.8) is 0 Å². The van der Waals surface area contributed by atoms with E-state index in [0.717, 1.165) is 25.0 Å². The van der Waals surface area contributed by atoms with E-state index in [0.29, 0.717) is 11.1 Å². The zero-order valence-electron chi connectivity index (χ0n) is 12.6. The van der Waals surface area contributed by atoms with Crippen molar-refractivity contribution >= 4 is 11.6 Å². The van der Waals surface area contributed by atoms with E-state index in [1.165, 1.54) is 11.1 Å². The average Bonchev–Trinajstić information content (AvgIpc) is 2.53. The Morgan fingerprint density at radius 1 is 1.14 bits per heavy atom. The van der Waals surface area contributed by atoms with Gasteiger partial charge >= 0.3 is 0 Å². The van der Waals surface area contributed by atoms with E-state index in [1.807, 2.05) is 19.2 Å². The van der Waals surface area contributed by atoms with Crippen LogP contribution < -0.4 is 10.1 Å². The molecule has 3 heteroatoms. The Kier molecular flexibility index (Phi) is 6.09. The number of benzene rings is 2. The summed E-state index contributed by atoms with van der Waals surface area (Å²) in [5.41, 5.74) is 2.60. The van der Waals surface area contributed by atoms with Gasteiger partial charge in [0, 0.05) is 6.04 Å². The first-order valence-electron chi connectivity index (χ1n) is 7.29. The normalized spacial score (nSPS) is 12.1. The fourth-order valence-corrected chi connectivity index (χ4v) is 2.72. The summed E-state index contributed by atoms with van der Waals surface area (Å²) in [4.78, 5) is 0. The van der Waals surface area contributed by atoms with Crippen molar-refractivity contribution in [1.82, 2.24) is 5.32 Å². The highest BCUT2D eigenvalue weighted by Crippen LogP contribution is 2.29. The van der Waals surface area contributed by atoms with Crippen LogP contribution >= 0.6 is 11.6 Å². The first-order chi connectivity index (χ1) is 10.2. The summed E-state index contributed by atoms with van der Waals surface area (Å²) in [6, 6.07) is 16.9. The molecule has 0 aliphatic rings. The summed E-state index contributed by atoms with van der Waals surface area (Å²) >= 11 is 6.08. The third kappa shape index (κ3) is 4.48. The number of aryl methyl sites for hydroxylation is 1. The van der Waals surface area contributed by atoms with E-state index >= 15 is 0 Å². The standard InChI is InChI=1S/C18H22ClNO/c1-20-17(10-6-9-14-7-4-3-5-8-14)15-11-12-16(19)18(13-15)21-2/h3-5,7-8,11-13,17,20H,6,9-10H2,1-2H3. The maximum Gasteiger partial charge on any atom is 0.137 e. The van der Waals surface area contributed by atoms with E-state index in [2.05, 4.69) is 41.7 Å². The van der Waals surface area contributed by atoms with Gasteiger partial charge in [0.25, 0.3) is 0 Å². The molecule has 0 spiro atoms. The lowest BCUT2D eigenvalue weighted by Crippen LogP contribution is -2.16. The minimum absolute atomic E-state index is 0.319. The highest BCUT2D eigenvalue weighted by molar-refractivity contribution is 6.32. The Morgan fingerprint density at radius 3 is 2.57 bits per heavy atom. The highest BCUT2D eigenvalue weighted by Gasteiger charge is 2.11. The molecule has 0 radical (unpaired) electrons. The van der Waals surface area contributed by atoms with Gasteiger partial charge < -0.3 is 10.1 Å². The molecule has 0 fully saturated rings. The topological polar surface area (TPSA) is 21.3 Å². The first-order valence-corrected chi connectivity index (χ1v) is 7.67. The molecule has 0 amide bonds.